The van der Waals surface area contributed by atoms with Gasteiger partial charge in [-0.05, 0) is 52.6 Å². The molecular weight excluding hydrogens is 552 g/mol. The minimum absolute atomic E-state index is 0.109. The smallest absolute Gasteiger partial charge is 0.181 e. The van der Waals surface area contributed by atoms with Gasteiger partial charge in [-0.3, -0.25) is 10.1 Å². The van der Waals surface area contributed by atoms with Gasteiger partial charge in [0.15, 0.2) is 29.9 Å². The zero-order chi connectivity index (χ0) is 30.9. The maximum absolute atomic E-state index is 15.0. The number of pyridine rings is 1. The second kappa shape index (κ2) is 14.3. The highest BCUT2D eigenvalue weighted by Gasteiger charge is 2.20. The third-order valence-electron chi connectivity index (χ3n) is 6.38. The molecule has 1 aliphatic rings. The van der Waals surface area contributed by atoms with Crippen molar-refractivity contribution in [2.75, 3.05) is 43.1 Å². The van der Waals surface area contributed by atoms with Crippen molar-refractivity contribution in [1.29, 1.82) is 0 Å². The molecule has 3 N–H and O–H groups in total. The van der Waals surface area contributed by atoms with Gasteiger partial charge in [0.2, 0.25) is 0 Å². The Morgan fingerprint density at radius 3 is 2.42 bits per heavy atom. The number of rotatable bonds is 8. The van der Waals surface area contributed by atoms with E-state index in [1.165, 1.54) is 5.57 Å². The predicted octanol–water partition coefficient (Wildman–Crippen LogP) is 5.97. The van der Waals surface area contributed by atoms with E-state index in [1.807, 2.05) is 39.0 Å². The lowest BCUT2D eigenvalue weighted by Gasteiger charge is -2.37. The minimum atomic E-state index is -0.641. The normalized spacial score (nSPS) is 13.9. The maximum atomic E-state index is 15.0. The van der Waals surface area contributed by atoms with Gasteiger partial charge in [0.1, 0.15) is 11.7 Å². The molecule has 0 bridgehead atoms. The first-order valence-corrected chi connectivity index (χ1v) is 13.8. The van der Waals surface area contributed by atoms with Crippen LogP contribution in [0.25, 0.3) is 10.9 Å². The minimum Gasteiger partial charge on any atom is -0.468 e. The topological polar surface area (TPSA) is 110 Å². The summed E-state index contributed by atoms with van der Waals surface area (Å²) in [6, 6.07) is 8.37. The summed E-state index contributed by atoms with van der Waals surface area (Å²) in [5.74, 6) is 0.127. The second-order valence-corrected chi connectivity index (χ2v) is 10.3. The molecule has 12 heteroatoms. The highest BCUT2D eigenvalue weighted by Crippen LogP contribution is 2.29. The number of amidine groups is 1. The molecule has 0 amide bonds. The Bertz CT molecular complexity index is 1610. The molecule has 0 aliphatic carbocycles. The summed E-state index contributed by atoms with van der Waals surface area (Å²) in [5.41, 5.74) is 3.91. The molecule has 1 aromatic carbocycles. The van der Waals surface area contributed by atoms with Crippen molar-refractivity contribution in [3.8, 4) is 5.75 Å². The first-order chi connectivity index (χ1) is 20.6. The van der Waals surface area contributed by atoms with E-state index in [9.17, 15) is 4.39 Å². The Balaban J connectivity index is 0.000000996. The molecule has 43 heavy (non-hydrogen) atoms. The molecule has 0 unspecified atom stereocenters. The summed E-state index contributed by atoms with van der Waals surface area (Å²) in [7, 11) is 0. The molecule has 5 rings (SSSR count). The van der Waals surface area contributed by atoms with Crippen LogP contribution in [0.4, 0.5) is 20.3 Å². The number of fused-ring (bicyclic) bond motifs is 1. The van der Waals surface area contributed by atoms with Gasteiger partial charge in [-0.15, -0.1) is 6.58 Å². The molecule has 0 saturated carbocycles. The van der Waals surface area contributed by atoms with Crippen molar-refractivity contribution >= 4 is 35.0 Å². The number of aryl methyl sites for hydroxylation is 2. The molecule has 0 atom stereocenters. The van der Waals surface area contributed by atoms with Gasteiger partial charge in [-0.25, -0.2) is 18.8 Å². The second-order valence-electron chi connectivity index (χ2n) is 10.3. The molecule has 0 spiro atoms. The number of nitrogens with zero attached hydrogens (tertiary/aromatic N) is 6. The van der Waals surface area contributed by atoms with E-state index in [-0.39, 0.29) is 23.4 Å². The quantitative estimate of drug-likeness (QED) is 0.133. The maximum Gasteiger partial charge on any atom is 0.181 e. The number of piperazine rings is 1. The fourth-order valence-corrected chi connectivity index (χ4v) is 4.45. The van der Waals surface area contributed by atoms with Crippen LogP contribution in [0.2, 0.25) is 0 Å². The molecule has 4 aromatic rings. The van der Waals surface area contributed by atoms with E-state index in [4.69, 9.17) is 4.74 Å². The standard InChI is InChI=1S/C27H29F2N9O.C4H8/c1-17-12-20-26(29)22(14-21(28)27(20)33-17)39-16-32-25(15-23(30-3)34-24-13-18(2)35-36-24)38-10-8-37(9-11-38)19-4-6-31-7-5-19;1-4(2)3/h4-7,12-15,33H,3,8-11,16H2,1-2H3,(H2,34,35,36);1H2,2-3H3/b23-15+,32-25+;. The van der Waals surface area contributed by atoms with Gasteiger partial charge in [-0.1, -0.05) is 5.57 Å². The van der Waals surface area contributed by atoms with Gasteiger partial charge in [0, 0.05) is 79.2 Å². The molecule has 4 heterocycles. The van der Waals surface area contributed by atoms with Crippen LogP contribution in [0, 0.1) is 25.5 Å². The number of hydrogen-bond acceptors (Lipinski definition) is 7. The number of anilines is 2. The summed E-state index contributed by atoms with van der Waals surface area (Å²) in [5, 5.41) is 10.3. The Morgan fingerprint density at radius 2 is 1.79 bits per heavy atom. The van der Waals surface area contributed by atoms with E-state index in [1.54, 1.807) is 31.5 Å². The van der Waals surface area contributed by atoms with Crippen LogP contribution in [0.1, 0.15) is 25.2 Å². The lowest BCUT2D eigenvalue weighted by atomic mass is 10.2. The number of halogens is 2. The highest BCUT2D eigenvalue weighted by molar-refractivity contribution is 5.94. The van der Waals surface area contributed by atoms with Gasteiger partial charge >= 0.3 is 0 Å². The fraction of sp³-hybridized carbons (Fsp3) is 0.290. The van der Waals surface area contributed by atoms with Gasteiger partial charge in [0.05, 0.1) is 5.52 Å². The first kappa shape index (κ1) is 30.9. The zero-order valence-corrected chi connectivity index (χ0v) is 24.9. The van der Waals surface area contributed by atoms with Gasteiger partial charge < -0.3 is 24.8 Å². The predicted molar refractivity (Wildman–Crippen MR) is 169 cm³/mol. The van der Waals surface area contributed by atoms with Crippen molar-refractivity contribution in [2.24, 2.45) is 9.98 Å². The lowest BCUT2D eigenvalue weighted by molar-refractivity contribution is 0.308. The third-order valence-corrected chi connectivity index (χ3v) is 6.38. The average Bonchev–Trinajstić information content (AvgIpc) is 3.59. The average molecular weight is 590 g/mol. The van der Waals surface area contributed by atoms with Crippen LogP contribution < -0.4 is 15.0 Å². The number of ether oxygens (including phenoxy) is 1. The number of aromatic amines is 2. The first-order valence-electron chi connectivity index (χ1n) is 13.8. The number of H-pyrrole nitrogens is 2. The molecule has 3 aromatic heterocycles. The molecule has 1 saturated heterocycles. The monoisotopic (exact) mass is 589 g/mol. The largest absolute Gasteiger partial charge is 0.468 e. The van der Waals surface area contributed by atoms with Crippen LogP contribution in [0.5, 0.6) is 5.75 Å². The van der Waals surface area contributed by atoms with Crippen LogP contribution in [0.15, 0.2) is 76.8 Å². The lowest BCUT2D eigenvalue weighted by Crippen LogP contribution is -2.48. The Kier molecular flexibility index (Phi) is 10.3. The molecule has 1 aliphatic heterocycles. The summed E-state index contributed by atoms with van der Waals surface area (Å²) >= 11 is 0. The highest BCUT2D eigenvalue weighted by atomic mass is 19.1. The summed E-state index contributed by atoms with van der Waals surface area (Å²) < 4.78 is 35.2. The molecular formula is C31H37F2N9O. The molecule has 0 radical (unpaired) electrons. The van der Waals surface area contributed by atoms with Crippen LogP contribution in [0.3, 0.4) is 0 Å². The summed E-state index contributed by atoms with van der Waals surface area (Å²) in [6.07, 6.45) is 5.28. The molecule has 10 nitrogen and oxygen atoms in total. The van der Waals surface area contributed by atoms with Crippen LogP contribution >= 0.6 is 0 Å². The summed E-state index contributed by atoms with van der Waals surface area (Å²) in [6.45, 7) is 17.4. The van der Waals surface area contributed by atoms with E-state index in [0.29, 0.717) is 36.3 Å². The SMILES string of the molecule is C=C(C)C.C=N/C(=C\C(=N/COc1cc(F)c2[nH]c(C)cc2c1F)N1CCN(c2ccncc2)CC1)Nc1cc(C)[nH]n1. The summed E-state index contributed by atoms with van der Waals surface area (Å²) in [4.78, 5) is 19.9. The van der Waals surface area contributed by atoms with E-state index in [2.05, 4.69) is 58.6 Å². The Morgan fingerprint density at radius 1 is 1.09 bits per heavy atom. The van der Waals surface area contributed by atoms with Crippen molar-refractivity contribution in [3.05, 3.63) is 89.8 Å². The van der Waals surface area contributed by atoms with Crippen molar-refractivity contribution in [2.45, 2.75) is 27.7 Å². The molecule has 226 valence electrons. The van der Waals surface area contributed by atoms with Crippen LogP contribution in [-0.4, -0.2) is 70.5 Å². The fourth-order valence-electron chi connectivity index (χ4n) is 4.45. The van der Waals surface area contributed by atoms with Crippen LogP contribution in [-0.2, 0) is 0 Å². The number of allylic oxidation sites excluding steroid dienone is 1. The van der Waals surface area contributed by atoms with Crippen molar-refractivity contribution in [3.63, 3.8) is 0 Å². The van der Waals surface area contributed by atoms with Crippen molar-refractivity contribution < 1.29 is 13.5 Å². The number of nitrogens with one attached hydrogen (secondary N) is 3. The Hall–Kier alpha value is -5.00. The molecule has 1 fully saturated rings. The number of hydrogen-bond donors (Lipinski definition) is 3. The zero-order valence-electron chi connectivity index (χ0n) is 24.9. The Labute approximate surface area is 249 Å². The van der Waals surface area contributed by atoms with E-state index in [0.717, 1.165) is 30.5 Å². The van der Waals surface area contributed by atoms with Crippen molar-refractivity contribution in [1.82, 2.24) is 25.1 Å². The third kappa shape index (κ3) is 8.28. The van der Waals surface area contributed by atoms with E-state index >= 15 is 4.39 Å². The number of aromatic nitrogens is 4. The number of benzene rings is 1. The van der Waals surface area contributed by atoms with Gasteiger partial charge in [-0.2, -0.15) is 5.10 Å². The number of aliphatic imine (C=N–C) groups is 2. The van der Waals surface area contributed by atoms with E-state index < -0.39 is 11.6 Å². The van der Waals surface area contributed by atoms with Gasteiger partial charge in [0.25, 0.3) is 0 Å².